The first-order valence-corrected chi connectivity index (χ1v) is 4.46. The van der Waals surface area contributed by atoms with Crippen LogP contribution in [0.5, 0.6) is 5.75 Å². The molecule has 1 rings (SSSR count). The summed E-state index contributed by atoms with van der Waals surface area (Å²) in [5.74, 6) is 0.780. The van der Waals surface area contributed by atoms with Crippen LogP contribution in [0, 0.1) is 0 Å². The second-order valence-electron chi connectivity index (χ2n) is 2.22. The van der Waals surface area contributed by atoms with Crippen molar-refractivity contribution in [3.8, 4) is 5.75 Å². The number of hydrogen-bond donors (Lipinski definition) is 0. The summed E-state index contributed by atoms with van der Waals surface area (Å²) in [5.41, 5.74) is 0. The zero-order valence-electron chi connectivity index (χ0n) is 6.83. The molecule has 12 heavy (non-hydrogen) atoms. The van der Waals surface area contributed by atoms with E-state index < -0.39 is 0 Å². The van der Waals surface area contributed by atoms with Crippen LogP contribution in [-0.4, -0.2) is 11.6 Å². The minimum Gasteiger partial charge on any atom is -0.488 e. The summed E-state index contributed by atoms with van der Waals surface area (Å²) >= 11 is 3.31. The molecule has 0 radical (unpaired) electrons. The van der Waals surface area contributed by atoms with Gasteiger partial charge in [-0.2, -0.15) is 0 Å². The fourth-order valence-electron chi connectivity index (χ4n) is 0.712. The van der Waals surface area contributed by atoms with E-state index in [2.05, 4.69) is 20.9 Å². The second kappa shape index (κ2) is 4.93. The van der Waals surface area contributed by atoms with Crippen molar-refractivity contribution < 1.29 is 4.74 Å². The molecule has 0 spiro atoms. The number of nitrogens with zero attached hydrogens (tertiary/aromatic N) is 1. The van der Waals surface area contributed by atoms with Gasteiger partial charge in [-0.25, -0.2) is 0 Å². The van der Waals surface area contributed by atoms with Gasteiger partial charge in [0.05, 0.1) is 6.20 Å². The lowest BCUT2D eigenvalue weighted by molar-refractivity contribution is 0.361. The second-order valence-corrected chi connectivity index (χ2v) is 3.13. The smallest absolute Gasteiger partial charge is 0.139 e. The molecular formula is C9H10BrNO. The number of aromatic nitrogens is 1. The Kier molecular flexibility index (Phi) is 3.80. The van der Waals surface area contributed by atoms with Crippen LogP contribution in [0.15, 0.2) is 35.1 Å². The molecular weight excluding hydrogens is 218 g/mol. The minimum absolute atomic E-state index is 0.592. The summed E-state index contributed by atoms with van der Waals surface area (Å²) in [5, 5.41) is 0. The Balaban J connectivity index is 2.52. The monoisotopic (exact) mass is 227 g/mol. The van der Waals surface area contributed by atoms with Crippen LogP contribution < -0.4 is 4.74 Å². The third kappa shape index (κ3) is 3.05. The van der Waals surface area contributed by atoms with E-state index in [1.165, 1.54) is 0 Å². The first-order chi connectivity index (χ1) is 5.83. The Morgan fingerprint density at radius 1 is 1.58 bits per heavy atom. The van der Waals surface area contributed by atoms with E-state index >= 15 is 0 Å². The van der Waals surface area contributed by atoms with E-state index in [0.717, 1.165) is 10.2 Å². The number of rotatable bonds is 3. The summed E-state index contributed by atoms with van der Waals surface area (Å²) in [7, 11) is 0. The summed E-state index contributed by atoms with van der Waals surface area (Å²) in [6, 6.07) is 1.89. The Morgan fingerprint density at radius 2 is 2.42 bits per heavy atom. The lowest BCUT2D eigenvalue weighted by Gasteiger charge is -2.01. The Bertz CT molecular complexity index is 273. The number of ether oxygens (including phenoxy) is 1. The molecule has 0 amide bonds. The zero-order valence-corrected chi connectivity index (χ0v) is 8.41. The molecule has 0 saturated carbocycles. The van der Waals surface area contributed by atoms with Gasteiger partial charge in [0.15, 0.2) is 0 Å². The largest absolute Gasteiger partial charge is 0.488 e. The van der Waals surface area contributed by atoms with E-state index in [0.29, 0.717) is 6.61 Å². The molecule has 0 saturated heterocycles. The van der Waals surface area contributed by atoms with Gasteiger partial charge < -0.3 is 4.74 Å². The normalized spacial score (nSPS) is 10.5. The molecule has 0 fully saturated rings. The van der Waals surface area contributed by atoms with Crippen LogP contribution in [-0.2, 0) is 0 Å². The lowest BCUT2D eigenvalue weighted by Crippen LogP contribution is -1.93. The average Bonchev–Trinajstić information content (AvgIpc) is 2.05. The molecule has 0 aliphatic heterocycles. The molecule has 0 aromatic carbocycles. The number of pyridine rings is 1. The summed E-state index contributed by atoms with van der Waals surface area (Å²) < 4.78 is 6.28. The number of hydrogen-bond acceptors (Lipinski definition) is 2. The molecule has 1 heterocycles. The summed E-state index contributed by atoms with van der Waals surface area (Å²) in [6.07, 6.45) is 7.31. The van der Waals surface area contributed by atoms with Crippen molar-refractivity contribution in [1.29, 1.82) is 0 Å². The van der Waals surface area contributed by atoms with Crippen molar-refractivity contribution in [2.45, 2.75) is 6.92 Å². The Labute approximate surface area is 80.4 Å². The minimum atomic E-state index is 0.592. The van der Waals surface area contributed by atoms with Crippen molar-refractivity contribution in [2.75, 3.05) is 6.61 Å². The molecule has 0 atom stereocenters. The maximum Gasteiger partial charge on any atom is 0.139 e. The number of halogens is 1. The van der Waals surface area contributed by atoms with Crippen molar-refractivity contribution in [3.05, 3.63) is 35.1 Å². The Hall–Kier alpha value is -0.830. The van der Waals surface area contributed by atoms with Gasteiger partial charge in [0.1, 0.15) is 12.4 Å². The van der Waals surface area contributed by atoms with Gasteiger partial charge in [-0.3, -0.25) is 4.98 Å². The SMILES string of the molecule is C/C=C/COc1cncc(Br)c1. The van der Waals surface area contributed by atoms with Crippen LogP contribution in [0.2, 0.25) is 0 Å². The predicted molar refractivity (Wildman–Crippen MR) is 52.2 cm³/mol. The van der Waals surface area contributed by atoms with Crippen LogP contribution in [0.25, 0.3) is 0 Å². The molecule has 0 aliphatic carbocycles. The van der Waals surface area contributed by atoms with Crippen LogP contribution in [0.1, 0.15) is 6.92 Å². The topological polar surface area (TPSA) is 22.1 Å². The van der Waals surface area contributed by atoms with E-state index in [1.807, 2.05) is 25.1 Å². The maximum atomic E-state index is 5.35. The van der Waals surface area contributed by atoms with Gasteiger partial charge >= 0.3 is 0 Å². The van der Waals surface area contributed by atoms with E-state index in [4.69, 9.17) is 4.74 Å². The molecule has 0 bridgehead atoms. The van der Waals surface area contributed by atoms with Crippen molar-refractivity contribution in [1.82, 2.24) is 4.98 Å². The highest BCUT2D eigenvalue weighted by atomic mass is 79.9. The van der Waals surface area contributed by atoms with Crippen LogP contribution in [0.3, 0.4) is 0 Å². The first kappa shape index (κ1) is 9.26. The van der Waals surface area contributed by atoms with E-state index in [-0.39, 0.29) is 0 Å². The standard InChI is InChI=1S/C9H10BrNO/c1-2-3-4-12-9-5-8(10)6-11-7-9/h2-3,5-7H,4H2,1H3/b3-2+. The molecule has 0 unspecified atom stereocenters. The highest BCUT2D eigenvalue weighted by Crippen LogP contribution is 2.15. The third-order valence-electron chi connectivity index (χ3n) is 1.26. The summed E-state index contributed by atoms with van der Waals surface area (Å²) in [4.78, 5) is 3.97. The van der Waals surface area contributed by atoms with Gasteiger partial charge in [0, 0.05) is 10.7 Å². The van der Waals surface area contributed by atoms with E-state index in [9.17, 15) is 0 Å². The highest BCUT2D eigenvalue weighted by Gasteiger charge is 1.92. The highest BCUT2D eigenvalue weighted by molar-refractivity contribution is 9.10. The molecule has 0 aliphatic rings. The zero-order chi connectivity index (χ0) is 8.81. The molecule has 3 heteroatoms. The Morgan fingerprint density at radius 3 is 3.08 bits per heavy atom. The van der Waals surface area contributed by atoms with Crippen molar-refractivity contribution in [2.24, 2.45) is 0 Å². The predicted octanol–water partition coefficient (Wildman–Crippen LogP) is 2.80. The van der Waals surface area contributed by atoms with Crippen LogP contribution >= 0.6 is 15.9 Å². The van der Waals surface area contributed by atoms with Crippen LogP contribution in [0.4, 0.5) is 0 Å². The van der Waals surface area contributed by atoms with Gasteiger partial charge in [-0.1, -0.05) is 12.2 Å². The fraction of sp³-hybridized carbons (Fsp3) is 0.222. The van der Waals surface area contributed by atoms with Gasteiger partial charge in [0.2, 0.25) is 0 Å². The maximum absolute atomic E-state index is 5.35. The molecule has 1 aromatic rings. The fourth-order valence-corrected chi connectivity index (χ4v) is 1.06. The van der Waals surface area contributed by atoms with Gasteiger partial charge in [-0.05, 0) is 28.9 Å². The van der Waals surface area contributed by atoms with E-state index in [1.54, 1.807) is 12.4 Å². The third-order valence-corrected chi connectivity index (χ3v) is 1.70. The van der Waals surface area contributed by atoms with Crippen molar-refractivity contribution in [3.63, 3.8) is 0 Å². The van der Waals surface area contributed by atoms with Gasteiger partial charge in [0.25, 0.3) is 0 Å². The lowest BCUT2D eigenvalue weighted by atomic mass is 10.4. The first-order valence-electron chi connectivity index (χ1n) is 3.67. The van der Waals surface area contributed by atoms with Crippen molar-refractivity contribution >= 4 is 15.9 Å². The van der Waals surface area contributed by atoms with Gasteiger partial charge in [-0.15, -0.1) is 0 Å². The molecule has 64 valence electrons. The average molecular weight is 228 g/mol. The number of allylic oxidation sites excluding steroid dienone is 1. The molecule has 2 nitrogen and oxygen atoms in total. The molecule has 0 N–H and O–H groups in total. The summed E-state index contributed by atoms with van der Waals surface area (Å²) in [6.45, 7) is 2.55. The quantitative estimate of drug-likeness (QED) is 0.742. The molecule has 1 aromatic heterocycles.